The van der Waals surface area contributed by atoms with Crippen molar-refractivity contribution in [1.82, 2.24) is 15.3 Å². The van der Waals surface area contributed by atoms with Crippen molar-refractivity contribution in [2.24, 2.45) is 5.92 Å². The number of fused-ring (bicyclic) bond motifs is 1. The Morgan fingerprint density at radius 3 is 2.77 bits per heavy atom. The largest absolute Gasteiger partial charge is 0.444 e. The van der Waals surface area contributed by atoms with E-state index in [0.717, 1.165) is 32.4 Å². The minimum Gasteiger partial charge on any atom is -0.444 e. The molecule has 0 unspecified atom stereocenters. The number of nitrogens with one attached hydrogen (secondary N) is 2. The third-order valence-electron chi connectivity index (χ3n) is 5.93. The van der Waals surface area contributed by atoms with Crippen molar-refractivity contribution in [2.45, 2.75) is 52.0 Å². The van der Waals surface area contributed by atoms with Crippen LogP contribution in [0.25, 0.3) is 10.9 Å². The van der Waals surface area contributed by atoms with E-state index in [1.807, 2.05) is 58.0 Å². The molecular formula is C26H32BrN5O3. The van der Waals surface area contributed by atoms with Crippen molar-refractivity contribution in [3.05, 3.63) is 59.0 Å². The summed E-state index contributed by atoms with van der Waals surface area (Å²) < 4.78 is 6.40. The van der Waals surface area contributed by atoms with Gasteiger partial charge in [-0.15, -0.1) is 0 Å². The maximum atomic E-state index is 12.4. The van der Waals surface area contributed by atoms with Gasteiger partial charge < -0.3 is 25.4 Å². The van der Waals surface area contributed by atoms with Crippen molar-refractivity contribution >= 4 is 44.3 Å². The van der Waals surface area contributed by atoms with Crippen molar-refractivity contribution in [2.75, 3.05) is 23.3 Å². The van der Waals surface area contributed by atoms with E-state index >= 15 is 0 Å². The smallest absolute Gasteiger partial charge is 0.408 e. The number of carbonyl (C=O) groups excluding carboxylic acids is 1. The molecule has 1 aliphatic rings. The molecule has 9 heteroatoms. The molecule has 1 saturated heterocycles. The minimum absolute atomic E-state index is 0.0506. The Balaban J connectivity index is 1.49. The van der Waals surface area contributed by atoms with Crippen molar-refractivity contribution < 1.29 is 14.6 Å². The van der Waals surface area contributed by atoms with Crippen molar-refractivity contribution in [3.63, 3.8) is 0 Å². The maximum absolute atomic E-state index is 12.4. The van der Waals surface area contributed by atoms with E-state index in [4.69, 9.17) is 9.72 Å². The molecule has 0 saturated carbocycles. The number of amides is 1. The minimum atomic E-state index is -0.668. The van der Waals surface area contributed by atoms with Crippen molar-refractivity contribution in [1.29, 1.82) is 0 Å². The number of alkyl carbamates (subject to hydrolysis) is 1. The number of aliphatic hydroxyl groups is 1. The average molecular weight is 542 g/mol. The van der Waals surface area contributed by atoms with Gasteiger partial charge in [-0.25, -0.2) is 4.79 Å². The summed E-state index contributed by atoms with van der Waals surface area (Å²) in [5.74, 6) is -0.0506. The Morgan fingerprint density at radius 1 is 1.23 bits per heavy atom. The Labute approximate surface area is 214 Å². The second-order valence-corrected chi connectivity index (χ2v) is 10.9. The summed E-state index contributed by atoms with van der Waals surface area (Å²) in [6.45, 7) is 9.06. The van der Waals surface area contributed by atoms with Gasteiger partial charge in [0.15, 0.2) is 0 Å². The lowest BCUT2D eigenvalue weighted by molar-refractivity contribution is 0.0303. The molecule has 3 heterocycles. The van der Waals surface area contributed by atoms with Gasteiger partial charge in [0.05, 0.1) is 47.5 Å². The number of benzene rings is 1. The third-order valence-corrected chi connectivity index (χ3v) is 6.43. The van der Waals surface area contributed by atoms with Gasteiger partial charge >= 0.3 is 6.09 Å². The van der Waals surface area contributed by atoms with Gasteiger partial charge in [0.2, 0.25) is 0 Å². The summed E-state index contributed by atoms with van der Waals surface area (Å²) in [6, 6.07) is 11.6. The molecule has 0 bridgehead atoms. The molecule has 1 aliphatic heterocycles. The maximum Gasteiger partial charge on any atom is 0.408 e. The summed E-state index contributed by atoms with van der Waals surface area (Å²) in [7, 11) is 0. The monoisotopic (exact) mass is 541 g/mol. The molecule has 8 nitrogen and oxygen atoms in total. The highest BCUT2D eigenvalue weighted by Crippen LogP contribution is 2.30. The van der Waals surface area contributed by atoms with Crippen LogP contribution in [0.4, 0.5) is 16.2 Å². The van der Waals surface area contributed by atoms with Gasteiger partial charge in [-0.2, -0.15) is 0 Å². The van der Waals surface area contributed by atoms with Crippen LogP contribution in [0.15, 0.2) is 53.3 Å². The van der Waals surface area contributed by atoms with Crippen LogP contribution in [-0.4, -0.2) is 52.0 Å². The summed E-state index contributed by atoms with van der Waals surface area (Å²) >= 11 is 3.51. The first kappa shape index (κ1) is 25.2. The summed E-state index contributed by atoms with van der Waals surface area (Å²) in [5.41, 5.74) is 3.06. The Bertz CT molecular complexity index is 1200. The fourth-order valence-electron chi connectivity index (χ4n) is 4.27. The van der Waals surface area contributed by atoms with E-state index in [9.17, 15) is 9.90 Å². The van der Waals surface area contributed by atoms with E-state index in [0.29, 0.717) is 19.6 Å². The van der Waals surface area contributed by atoms with Gasteiger partial charge in [0, 0.05) is 35.1 Å². The second-order valence-electron chi connectivity index (χ2n) is 10.0. The molecule has 3 N–H and O–H groups in total. The van der Waals surface area contributed by atoms with Gasteiger partial charge in [-0.3, -0.25) is 9.97 Å². The lowest BCUT2D eigenvalue weighted by Crippen LogP contribution is -2.59. The van der Waals surface area contributed by atoms with Gasteiger partial charge in [-0.1, -0.05) is 35.0 Å². The number of nitrogens with zero attached hydrogens (tertiary/aromatic N) is 3. The highest BCUT2D eigenvalue weighted by atomic mass is 79.9. The quantitative estimate of drug-likeness (QED) is 0.429. The van der Waals surface area contributed by atoms with Crippen LogP contribution >= 0.6 is 15.9 Å². The number of hydrogen-bond acceptors (Lipinski definition) is 7. The third kappa shape index (κ3) is 6.41. The number of piperidine rings is 1. The molecule has 3 atom stereocenters. The molecule has 1 aromatic carbocycles. The molecule has 0 spiro atoms. The zero-order valence-electron chi connectivity index (χ0n) is 20.5. The van der Waals surface area contributed by atoms with Gasteiger partial charge in [0.25, 0.3) is 0 Å². The Hall–Kier alpha value is -2.91. The van der Waals surface area contributed by atoms with Crippen LogP contribution in [0.1, 0.15) is 33.4 Å². The lowest BCUT2D eigenvalue weighted by atomic mass is 9.92. The van der Waals surface area contributed by atoms with E-state index in [1.165, 1.54) is 0 Å². The number of aliphatic hydroxyl groups excluding tert-OH is 1. The van der Waals surface area contributed by atoms with Crippen LogP contribution < -0.4 is 15.5 Å². The number of aromatic nitrogens is 2. The second kappa shape index (κ2) is 10.4. The molecule has 0 radical (unpaired) electrons. The fraction of sp³-hybridized carbons (Fsp3) is 0.423. The van der Waals surface area contributed by atoms with Crippen LogP contribution in [0.3, 0.4) is 0 Å². The zero-order valence-corrected chi connectivity index (χ0v) is 22.0. The number of anilines is 2. The van der Waals surface area contributed by atoms with Crippen LogP contribution in [-0.2, 0) is 11.3 Å². The topological polar surface area (TPSA) is 99.6 Å². The number of halogens is 1. The molecule has 1 amide bonds. The van der Waals surface area contributed by atoms with E-state index in [-0.39, 0.29) is 5.92 Å². The standard InChI is InChI=1S/C26H32BrN5O3/c1-16-14-32(15-22(24(16)33)31-25(34)35-26(2,3)4)23-9-10-28-13-21(23)29-12-19-8-6-17-5-7-18(27)11-20(17)30-19/h5-11,13,16,22,24,29,33H,12,14-15H2,1-4H3,(H,31,34)/t16-,22+,24+/m0/s1. The number of pyridine rings is 2. The van der Waals surface area contributed by atoms with Crippen LogP contribution in [0.5, 0.6) is 0 Å². The number of rotatable bonds is 5. The molecule has 186 valence electrons. The Morgan fingerprint density at radius 2 is 2.00 bits per heavy atom. The van der Waals surface area contributed by atoms with Crippen LogP contribution in [0.2, 0.25) is 0 Å². The van der Waals surface area contributed by atoms with E-state index in [1.54, 1.807) is 12.4 Å². The zero-order chi connectivity index (χ0) is 25.2. The molecule has 0 aliphatic carbocycles. The molecule has 4 rings (SSSR count). The molecular weight excluding hydrogens is 510 g/mol. The summed E-state index contributed by atoms with van der Waals surface area (Å²) in [5, 5.41) is 18.1. The van der Waals surface area contributed by atoms with Crippen LogP contribution in [0, 0.1) is 5.92 Å². The SMILES string of the molecule is C[C@H]1CN(c2ccncc2NCc2ccc3ccc(Br)cc3n2)C[C@@H](NC(=O)OC(C)(C)C)[C@@H]1O. The van der Waals surface area contributed by atoms with E-state index < -0.39 is 23.8 Å². The predicted octanol–water partition coefficient (Wildman–Crippen LogP) is 4.71. The molecule has 1 fully saturated rings. The fourth-order valence-corrected chi connectivity index (χ4v) is 4.62. The van der Waals surface area contributed by atoms with E-state index in [2.05, 4.69) is 42.5 Å². The molecule has 35 heavy (non-hydrogen) atoms. The first-order valence-electron chi connectivity index (χ1n) is 11.7. The first-order valence-corrected chi connectivity index (χ1v) is 12.5. The summed E-state index contributed by atoms with van der Waals surface area (Å²) in [4.78, 5) is 23.6. The number of ether oxygens (including phenoxy) is 1. The average Bonchev–Trinajstić information content (AvgIpc) is 2.79. The molecule has 3 aromatic rings. The first-order chi connectivity index (χ1) is 16.6. The Kier molecular flexibility index (Phi) is 7.47. The van der Waals surface area contributed by atoms with Crippen molar-refractivity contribution in [3.8, 4) is 0 Å². The summed E-state index contributed by atoms with van der Waals surface area (Å²) in [6.07, 6.45) is 2.34. The van der Waals surface area contributed by atoms with Gasteiger partial charge in [0.1, 0.15) is 5.60 Å². The predicted molar refractivity (Wildman–Crippen MR) is 142 cm³/mol. The number of hydrogen-bond donors (Lipinski definition) is 3. The molecule has 2 aromatic heterocycles. The normalized spacial score (nSPS) is 20.5. The lowest BCUT2D eigenvalue weighted by Gasteiger charge is -2.42. The highest BCUT2D eigenvalue weighted by molar-refractivity contribution is 9.10. The number of carbonyl (C=O) groups is 1. The highest BCUT2D eigenvalue weighted by Gasteiger charge is 2.36. The van der Waals surface area contributed by atoms with Gasteiger partial charge in [-0.05, 0) is 45.0 Å².